The van der Waals surface area contributed by atoms with Gasteiger partial charge in [-0.3, -0.25) is 14.9 Å². The van der Waals surface area contributed by atoms with Crippen molar-refractivity contribution in [1.29, 1.82) is 0 Å². The molecule has 0 fully saturated rings. The lowest BCUT2D eigenvalue weighted by Gasteiger charge is -2.03. The Hall–Kier alpha value is -1.71. The summed E-state index contributed by atoms with van der Waals surface area (Å²) in [6.45, 7) is 0. The normalized spacial score (nSPS) is 20.4. The number of imide groups is 1. The Kier molecular flexibility index (Phi) is 1.84. The molecule has 1 heterocycles. The lowest BCUT2D eigenvalue weighted by atomic mass is 9.98. The SMILES string of the molecule is [N-]=[N+]=C1C=C(Cl)C2=C(C1)C(=O)NC2=O. The van der Waals surface area contributed by atoms with Crippen LogP contribution in [-0.4, -0.2) is 22.3 Å². The van der Waals surface area contributed by atoms with Crippen LogP contribution in [0.3, 0.4) is 0 Å². The molecule has 2 rings (SSSR count). The van der Waals surface area contributed by atoms with E-state index in [0.29, 0.717) is 0 Å². The van der Waals surface area contributed by atoms with Crippen molar-refractivity contribution in [2.24, 2.45) is 0 Å². The van der Waals surface area contributed by atoms with Gasteiger partial charge in [0.25, 0.3) is 17.5 Å². The molecule has 0 unspecified atom stereocenters. The molecule has 0 spiro atoms. The van der Waals surface area contributed by atoms with Crippen molar-refractivity contribution >= 4 is 29.1 Å². The molecule has 2 amide bonds. The van der Waals surface area contributed by atoms with E-state index in [9.17, 15) is 9.59 Å². The molecule has 1 aliphatic carbocycles. The van der Waals surface area contributed by atoms with Gasteiger partial charge in [-0.05, 0) is 0 Å². The fourth-order valence-electron chi connectivity index (χ4n) is 1.43. The minimum atomic E-state index is -0.497. The Balaban J connectivity index is 2.58. The van der Waals surface area contributed by atoms with Gasteiger partial charge in [-0.15, -0.1) is 0 Å². The Labute approximate surface area is 83.7 Å². The Bertz CT molecular complexity index is 469. The summed E-state index contributed by atoms with van der Waals surface area (Å²) >= 11 is 5.75. The molecule has 14 heavy (non-hydrogen) atoms. The molecule has 70 valence electrons. The zero-order valence-electron chi connectivity index (χ0n) is 6.87. The standard InChI is InChI=1S/C8H4ClN3O2/c9-5-2-3(12-10)1-4-6(5)8(14)11-7(4)13/h2H,1H2,(H,11,13,14). The number of nitrogens with one attached hydrogen (secondary N) is 1. The van der Waals surface area contributed by atoms with Gasteiger partial charge in [-0.25, -0.2) is 0 Å². The second-order valence-electron chi connectivity index (χ2n) is 2.90. The van der Waals surface area contributed by atoms with Crippen LogP contribution in [-0.2, 0) is 9.59 Å². The molecular formula is C8H4ClN3O2. The van der Waals surface area contributed by atoms with E-state index < -0.39 is 11.8 Å². The summed E-state index contributed by atoms with van der Waals surface area (Å²) in [4.78, 5) is 25.4. The molecule has 0 radical (unpaired) electrons. The second-order valence-corrected chi connectivity index (χ2v) is 3.30. The summed E-state index contributed by atoms with van der Waals surface area (Å²) in [7, 11) is 0. The molecule has 0 atom stereocenters. The summed E-state index contributed by atoms with van der Waals surface area (Å²) in [5.41, 5.74) is 9.23. The van der Waals surface area contributed by atoms with E-state index >= 15 is 0 Å². The van der Waals surface area contributed by atoms with Crippen molar-refractivity contribution in [2.75, 3.05) is 0 Å². The zero-order chi connectivity index (χ0) is 10.3. The van der Waals surface area contributed by atoms with Gasteiger partial charge in [0.1, 0.15) is 0 Å². The van der Waals surface area contributed by atoms with E-state index in [1.165, 1.54) is 6.08 Å². The van der Waals surface area contributed by atoms with Crippen molar-refractivity contribution in [3.05, 3.63) is 27.8 Å². The zero-order valence-corrected chi connectivity index (χ0v) is 7.63. The fourth-order valence-corrected chi connectivity index (χ4v) is 1.75. The van der Waals surface area contributed by atoms with Crippen LogP contribution in [0.1, 0.15) is 6.42 Å². The summed E-state index contributed by atoms with van der Waals surface area (Å²) in [6, 6.07) is 0. The molecule has 0 aromatic heterocycles. The fraction of sp³-hybridized carbons (Fsp3) is 0.125. The van der Waals surface area contributed by atoms with Crippen molar-refractivity contribution < 1.29 is 14.4 Å². The third kappa shape index (κ3) is 1.11. The highest BCUT2D eigenvalue weighted by Crippen LogP contribution is 2.29. The lowest BCUT2D eigenvalue weighted by Crippen LogP contribution is -2.23. The topological polar surface area (TPSA) is 82.6 Å². The molecule has 1 aliphatic heterocycles. The number of halogens is 1. The van der Waals surface area contributed by atoms with Crippen LogP contribution in [0, 0.1) is 0 Å². The molecule has 0 aromatic carbocycles. The quantitative estimate of drug-likeness (QED) is 0.350. The Morgan fingerprint density at radius 3 is 2.79 bits per heavy atom. The van der Waals surface area contributed by atoms with Crippen LogP contribution >= 0.6 is 11.6 Å². The highest BCUT2D eigenvalue weighted by molar-refractivity contribution is 6.41. The van der Waals surface area contributed by atoms with Gasteiger partial charge in [0.2, 0.25) is 0 Å². The van der Waals surface area contributed by atoms with Crippen LogP contribution in [0.2, 0.25) is 0 Å². The van der Waals surface area contributed by atoms with Gasteiger partial charge >= 0.3 is 0 Å². The first-order valence-corrected chi connectivity index (χ1v) is 4.18. The van der Waals surface area contributed by atoms with E-state index in [1.54, 1.807) is 0 Å². The first-order chi connectivity index (χ1) is 6.63. The number of carbonyl (C=O) groups excluding carboxylic acids is 2. The van der Waals surface area contributed by atoms with E-state index in [4.69, 9.17) is 17.1 Å². The number of rotatable bonds is 0. The number of hydrogen-bond donors (Lipinski definition) is 1. The number of allylic oxidation sites excluding steroid dienone is 1. The molecule has 1 N–H and O–H groups in total. The highest BCUT2D eigenvalue weighted by Gasteiger charge is 2.37. The first kappa shape index (κ1) is 8.87. The number of nitrogens with zero attached hydrogens (tertiary/aromatic N) is 2. The minimum absolute atomic E-state index is 0.125. The summed E-state index contributed by atoms with van der Waals surface area (Å²) in [5.74, 6) is -0.972. The summed E-state index contributed by atoms with van der Waals surface area (Å²) < 4.78 is 0. The molecule has 0 saturated heterocycles. The van der Waals surface area contributed by atoms with Crippen molar-refractivity contribution in [3.8, 4) is 0 Å². The summed E-state index contributed by atoms with van der Waals surface area (Å²) in [6.07, 6.45) is 1.48. The number of amides is 2. The maximum atomic E-state index is 11.2. The third-order valence-electron chi connectivity index (χ3n) is 2.05. The first-order valence-electron chi connectivity index (χ1n) is 3.81. The molecule has 0 saturated carbocycles. The third-order valence-corrected chi connectivity index (χ3v) is 2.35. The van der Waals surface area contributed by atoms with Crippen LogP contribution in [0.25, 0.3) is 5.53 Å². The molecule has 5 nitrogen and oxygen atoms in total. The molecule has 6 heteroatoms. The summed E-state index contributed by atoms with van der Waals surface area (Å²) in [5, 5.41) is 2.25. The smallest absolute Gasteiger partial charge is 0.298 e. The van der Waals surface area contributed by atoms with E-state index in [-0.39, 0.29) is 28.3 Å². The van der Waals surface area contributed by atoms with Gasteiger partial charge in [0.05, 0.1) is 17.0 Å². The number of carbonyl (C=O) groups is 2. The highest BCUT2D eigenvalue weighted by atomic mass is 35.5. The monoisotopic (exact) mass is 209 g/mol. The molecule has 0 bridgehead atoms. The van der Waals surface area contributed by atoms with Crippen LogP contribution in [0.5, 0.6) is 0 Å². The van der Waals surface area contributed by atoms with E-state index in [2.05, 4.69) is 10.1 Å². The molecule has 2 aliphatic rings. The van der Waals surface area contributed by atoms with E-state index in [0.717, 1.165) is 0 Å². The second kappa shape index (κ2) is 2.90. The minimum Gasteiger partial charge on any atom is -0.361 e. The largest absolute Gasteiger partial charge is 0.361 e. The average Bonchev–Trinajstić information content (AvgIpc) is 2.42. The maximum absolute atomic E-state index is 11.2. The van der Waals surface area contributed by atoms with Crippen molar-refractivity contribution in [1.82, 2.24) is 5.32 Å². The van der Waals surface area contributed by atoms with Crippen LogP contribution in [0.4, 0.5) is 0 Å². The number of hydrogen-bond acceptors (Lipinski definition) is 2. The van der Waals surface area contributed by atoms with E-state index in [1.807, 2.05) is 0 Å². The van der Waals surface area contributed by atoms with Crippen LogP contribution in [0.15, 0.2) is 22.3 Å². The van der Waals surface area contributed by atoms with Gasteiger partial charge in [-0.2, -0.15) is 4.79 Å². The van der Waals surface area contributed by atoms with Crippen LogP contribution < -0.4 is 5.32 Å². The lowest BCUT2D eigenvalue weighted by molar-refractivity contribution is -0.124. The van der Waals surface area contributed by atoms with Gasteiger partial charge in [0.15, 0.2) is 0 Å². The van der Waals surface area contributed by atoms with Crippen molar-refractivity contribution in [3.63, 3.8) is 0 Å². The molecular weight excluding hydrogens is 206 g/mol. The van der Waals surface area contributed by atoms with Gasteiger partial charge in [0, 0.05) is 11.6 Å². The predicted molar refractivity (Wildman–Crippen MR) is 47.4 cm³/mol. The van der Waals surface area contributed by atoms with Gasteiger partial charge < -0.3 is 5.53 Å². The Morgan fingerprint density at radius 1 is 1.43 bits per heavy atom. The maximum Gasteiger partial charge on any atom is 0.298 e. The van der Waals surface area contributed by atoms with Crippen molar-refractivity contribution in [2.45, 2.75) is 6.42 Å². The predicted octanol–water partition coefficient (Wildman–Crippen LogP) is 0.137. The Morgan fingerprint density at radius 2 is 2.14 bits per heavy atom. The van der Waals surface area contributed by atoms with Gasteiger partial charge in [-0.1, -0.05) is 11.6 Å². The molecule has 0 aromatic rings. The average molecular weight is 210 g/mol.